The summed E-state index contributed by atoms with van der Waals surface area (Å²) in [6.07, 6.45) is 5.84. The van der Waals surface area contributed by atoms with Gasteiger partial charge in [0.1, 0.15) is 5.82 Å². The first-order valence-corrected chi connectivity index (χ1v) is 8.25. The number of nitrogens with zero attached hydrogens (tertiary/aromatic N) is 6. The molecule has 2 atom stereocenters. The van der Waals surface area contributed by atoms with Gasteiger partial charge < -0.3 is 9.64 Å². The molecule has 8 nitrogen and oxygen atoms in total. The van der Waals surface area contributed by atoms with Gasteiger partial charge in [-0.25, -0.2) is 14.6 Å². The van der Waals surface area contributed by atoms with Crippen molar-refractivity contribution in [3.8, 4) is 0 Å². The fourth-order valence-electron chi connectivity index (χ4n) is 3.29. The Bertz CT molecular complexity index is 741. The fourth-order valence-corrected chi connectivity index (χ4v) is 3.29. The van der Waals surface area contributed by atoms with E-state index in [1.807, 2.05) is 23.4 Å². The maximum Gasteiger partial charge on any atom is 0.257 e. The molecule has 0 N–H and O–H groups in total. The third-order valence-electron chi connectivity index (χ3n) is 4.65. The van der Waals surface area contributed by atoms with Crippen molar-refractivity contribution in [1.82, 2.24) is 29.9 Å². The molecule has 2 aromatic rings. The highest BCUT2D eigenvalue weighted by Gasteiger charge is 2.38. The molecule has 1 fully saturated rings. The number of carbonyl (C=O) groups is 1. The third-order valence-corrected chi connectivity index (χ3v) is 4.65. The lowest BCUT2D eigenvalue weighted by atomic mass is 10.00. The lowest BCUT2D eigenvalue weighted by Crippen LogP contribution is -2.49. The van der Waals surface area contributed by atoms with E-state index in [2.05, 4.69) is 20.3 Å². The largest absolute Gasteiger partial charge is 0.370 e. The summed E-state index contributed by atoms with van der Waals surface area (Å²) in [6, 6.07) is 0.0183. The molecule has 0 aliphatic carbocycles. The fraction of sp³-hybridized carbons (Fsp3) is 0.562. The summed E-state index contributed by atoms with van der Waals surface area (Å²) in [5.74, 6) is 0.948. The molecule has 4 rings (SSSR count). The predicted octanol–water partition coefficient (Wildman–Crippen LogP) is 1.18. The Labute approximate surface area is 139 Å². The van der Waals surface area contributed by atoms with E-state index in [0.29, 0.717) is 25.3 Å². The first-order chi connectivity index (χ1) is 11.6. The lowest BCUT2D eigenvalue weighted by Gasteiger charge is -2.40. The van der Waals surface area contributed by atoms with Crippen molar-refractivity contribution in [2.45, 2.75) is 44.9 Å². The molecule has 0 radical (unpaired) electrons. The molecule has 1 amide bonds. The van der Waals surface area contributed by atoms with Crippen molar-refractivity contribution in [3.05, 3.63) is 35.7 Å². The predicted molar refractivity (Wildman–Crippen MR) is 84.3 cm³/mol. The zero-order chi connectivity index (χ0) is 16.7. The van der Waals surface area contributed by atoms with E-state index in [1.165, 1.54) is 0 Å². The van der Waals surface area contributed by atoms with Crippen molar-refractivity contribution in [2.75, 3.05) is 13.1 Å². The second-order valence-corrected chi connectivity index (χ2v) is 6.61. The number of amides is 1. The Morgan fingerprint density at radius 1 is 1.29 bits per heavy atom. The van der Waals surface area contributed by atoms with Crippen LogP contribution in [0, 0.1) is 0 Å². The van der Waals surface area contributed by atoms with Crippen LogP contribution in [0.25, 0.3) is 0 Å². The van der Waals surface area contributed by atoms with Gasteiger partial charge in [-0.05, 0) is 6.42 Å². The number of likely N-dealkylation sites (tertiary alicyclic amines) is 1. The van der Waals surface area contributed by atoms with Crippen LogP contribution in [0.2, 0.25) is 0 Å². The molecule has 0 unspecified atom stereocenters. The number of carbonyl (C=O) groups excluding carboxylic acids is 1. The number of rotatable bonds is 2. The van der Waals surface area contributed by atoms with E-state index in [9.17, 15) is 4.79 Å². The molecule has 4 heterocycles. The van der Waals surface area contributed by atoms with Crippen LogP contribution >= 0.6 is 0 Å². The van der Waals surface area contributed by atoms with Gasteiger partial charge in [0, 0.05) is 31.4 Å². The monoisotopic (exact) mass is 328 g/mol. The second kappa shape index (κ2) is 5.94. The first kappa shape index (κ1) is 15.2. The molecule has 126 valence electrons. The van der Waals surface area contributed by atoms with Gasteiger partial charge in [0.15, 0.2) is 0 Å². The second-order valence-electron chi connectivity index (χ2n) is 6.61. The maximum atomic E-state index is 12.8. The minimum atomic E-state index is -0.0454. The van der Waals surface area contributed by atoms with E-state index in [0.717, 1.165) is 17.9 Å². The van der Waals surface area contributed by atoms with Crippen LogP contribution in [0.5, 0.6) is 0 Å². The number of fused-ring (bicyclic) bond motifs is 3. The van der Waals surface area contributed by atoms with Crippen molar-refractivity contribution in [3.63, 3.8) is 0 Å². The van der Waals surface area contributed by atoms with Gasteiger partial charge in [0.2, 0.25) is 0 Å². The van der Waals surface area contributed by atoms with E-state index < -0.39 is 0 Å². The summed E-state index contributed by atoms with van der Waals surface area (Å²) in [7, 11) is 0. The number of aromatic nitrogens is 5. The van der Waals surface area contributed by atoms with Crippen LogP contribution in [0.4, 0.5) is 0 Å². The molecule has 2 aromatic heterocycles. The minimum Gasteiger partial charge on any atom is -0.370 e. The highest BCUT2D eigenvalue weighted by atomic mass is 16.5. The van der Waals surface area contributed by atoms with Gasteiger partial charge in [-0.1, -0.05) is 19.1 Å². The van der Waals surface area contributed by atoms with E-state index in [-0.39, 0.29) is 24.0 Å². The molecule has 8 heteroatoms. The molecule has 1 saturated heterocycles. The topological polar surface area (TPSA) is 86.0 Å². The van der Waals surface area contributed by atoms with Gasteiger partial charge in [-0.15, -0.1) is 5.10 Å². The third kappa shape index (κ3) is 2.56. The van der Waals surface area contributed by atoms with Crippen LogP contribution in [-0.2, 0) is 11.3 Å². The van der Waals surface area contributed by atoms with E-state index in [4.69, 9.17) is 4.74 Å². The Morgan fingerprint density at radius 3 is 2.83 bits per heavy atom. The molecule has 0 saturated carbocycles. The Morgan fingerprint density at radius 2 is 2.08 bits per heavy atom. The summed E-state index contributed by atoms with van der Waals surface area (Å²) in [5.41, 5.74) is 1.48. The van der Waals surface area contributed by atoms with Gasteiger partial charge in [-0.3, -0.25) is 4.79 Å². The molecule has 0 aromatic carbocycles. The van der Waals surface area contributed by atoms with Gasteiger partial charge in [-0.2, -0.15) is 0 Å². The average molecular weight is 328 g/mol. The molecule has 2 aliphatic rings. The number of ether oxygens (including phenoxy) is 1. The normalized spacial score (nSPS) is 23.0. The molecular formula is C16H20N6O2. The highest BCUT2D eigenvalue weighted by Crippen LogP contribution is 2.30. The smallest absolute Gasteiger partial charge is 0.257 e. The Hall–Kier alpha value is -2.35. The van der Waals surface area contributed by atoms with E-state index >= 15 is 0 Å². The van der Waals surface area contributed by atoms with Gasteiger partial charge in [0.25, 0.3) is 5.91 Å². The van der Waals surface area contributed by atoms with Gasteiger partial charge >= 0.3 is 0 Å². The molecular weight excluding hydrogens is 308 g/mol. The SMILES string of the molecule is CC(C)c1ncc(C(=O)N2CC[C@H]3OCc4cnnn4[C@@H]3C2)cn1. The van der Waals surface area contributed by atoms with Crippen molar-refractivity contribution < 1.29 is 9.53 Å². The van der Waals surface area contributed by atoms with Crippen molar-refractivity contribution in [2.24, 2.45) is 0 Å². The standard InChI is InChI=1S/C16H20N6O2/c1-10(2)15-17-5-11(6-18-15)16(23)21-4-3-14-13(8-21)22-12(9-24-14)7-19-20-22/h5-7,10,13-14H,3-4,8-9H2,1-2H3/t13-,14-/m1/s1. The van der Waals surface area contributed by atoms with Crippen LogP contribution in [0.3, 0.4) is 0 Å². The first-order valence-electron chi connectivity index (χ1n) is 8.25. The highest BCUT2D eigenvalue weighted by molar-refractivity contribution is 5.93. The molecule has 0 bridgehead atoms. The molecule has 2 aliphatic heterocycles. The molecule has 24 heavy (non-hydrogen) atoms. The van der Waals surface area contributed by atoms with Crippen molar-refractivity contribution >= 4 is 5.91 Å². The Balaban J connectivity index is 1.52. The zero-order valence-electron chi connectivity index (χ0n) is 13.8. The number of hydrogen-bond acceptors (Lipinski definition) is 6. The van der Waals surface area contributed by atoms with Crippen LogP contribution < -0.4 is 0 Å². The summed E-state index contributed by atoms with van der Waals surface area (Å²) in [6.45, 7) is 5.81. The zero-order valence-corrected chi connectivity index (χ0v) is 13.8. The lowest BCUT2D eigenvalue weighted by molar-refractivity contribution is -0.0605. The quantitative estimate of drug-likeness (QED) is 0.823. The van der Waals surface area contributed by atoms with Gasteiger partial charge in [0.05, 0.1) is 36.2 Å². The summed E-state index contributed by atoms with van der Waals surface area (Å²) >= 11 is 0. The van der Waals surface area contributed by atoms with Crippen LogP contribution in [-0.4, -0.2) is 55.0 Å². The summed E-state index contributed by atoms with van der Waals surface area (Å²) in [4.78, 5) is 23.2. The minimum absolute atomic E-state index is 0.0183. The van der Waals surface area contributed by atoms with Crippen LogP contribution in [0.1, 0.15) is 54.1 Å². The summed E-state index contributed by atoms with van der Waals surface area (Å²) in [5, 5.41) is 8.12. The van der Waals surface area contributed by atoms with Crippen molar-refractivity contribution in [1.29, 1.82) is 0 Å². The maximum absolute atomic E-state index is 12.8. The van der Waals surface area contributed by atoms with E-state index in [1.54, 1.807) is 18.6 Å². The number of hydrogen-bond donors (Lipinski definition) is 0. The van der Waals surface area contributed by atoms with Crippen LogP contribution in [0.15, 0.2) is 18.6 Å². The Kier molecular flexibility index (Phi) is 3.76. The average Bonchev–Trinajstić information content (AvgIpc) is 3.10. The summed E-state index contributed by atoms with van der Waals surface area (Å²) < 4.78 is 7.77. The number of piperidine rings is 1. The molecule has 0 spiro atoms.